The third kappa shape index (κ3) is 48.9. The molecule has 5 nitrogen and oxygen atoms in total. The summed E-state index contributed by atoms with van der Waals surface area (Å²) in [5.74, 6) is -0.581. The number of hydrogen-bond donors (Lipinski definition) is 1. The topological polar surface area (TPSA) is 72.8 Å². The highest BCUT2D eigenvalue weighted by Crippen LogP contribution is 2.17. The van der Waals surface area contributed by atoms with Gasteiger partial charge in [0.05, 0.1) is 6.61 Å². The summed E-state index contributed by atoms with van der Waals surface area (Å²) in [6.07, 6.45) is 63.3. The summed E-state index contributed by atoms with van der Waals surface area (Å²) in [4.78, 5) is 24.2. The fourth-order valence-corrected chi connectivity index (χ4v) is 8.00. The Bertz CT molecular complexity index is 897. The minimum atomic E-state index is -0.763. The number of aliphatic hydroxyl groups excluding tert-OH is 1. The van der Waals surface area contributed by atoms with E-state index in [0.29, 0.717) is 12.8 Å². The first-order valence-corrected chi connectivity index (χ1v) is 26.4. The van der Waals surface area contributed by atoms with Crippen LogP contribution in [0.3, 0.4) is 0 Å². The second-order valence-electron chi connectivity index (χ2n) is 18.0. The molecule has 0 spiro atoms. The van der Waals surface area contributed by atoms with Crippen LogP contribution in [0.4, 0.5) is 0 Å². The lowest BCUT2D eigenvalue weighted by Gasteiger charge is -2.15. The molecule has 0 aromatic carbocycles. The highest BCUT2D eigenvalue weighted by atomic mass is 16.6. The van der Waals surface area contributed by atoms with E-state index in [1.807, 2.05) is 0 Å². The normalized spacial score (nSPS) is 12.3. The minimum Gasteiger partial charge on any atom is -0.462 e. The molecular formula is C54H102O5. The molecule has 0 fully saturated rings. The van der Waals surface area contributed by atoms with E-state index in [1.54, 1.807) is 0 Å². The Morgan fingerprint density at radius 2 is 0.678 bits per heavy atom. The van der Waals surface area contributed by atoms with E-state index in [0.717, 1.165) is 44.9 Å². The van der Waals surface area contributed by atoms with Gasteiger partial charge in [-0.2, -0.15) is 0 Å². The molecule has 0 amide bonds. The van der Waals surface area contributed by atoms with Crippen molar-refractivity contribution in [2.24, 2.45) is 0 Å². The monoisotopic (exact) mass is 831 g/mol. The molecule has 1 N–H and O–H groups in total. The Morgan fingerprint density at radius 3 is 1.00 bits per heavy atom. The van der Waals surface area contributed by atoms with Crippen molar-refractivity contribution in [2.45, 2.75) is 296 Å². The van der Waals surface area contributed by atoms with Crippen molar-refractivity contribution in [2.75, 3.05) is 13.2 Å². The number of esters is 2. The Balaban J connectivity index is 3.33. The molecule has 0 saturated carbocycles. The smallest absolute Gasteiger partial charge is 0.306 e. The summed E-state index contributed by atoms with van der Waals surface area (Å²) in [6.45, 7) is 4.12. The number of aliphatic hydroxyl groups is 1. The van der Waals surface area contributed by atoms with Crippen LogP contribution in [0, 0.1) is 0 Å². The summed E-state index contributed by atoms with van der Waals surface area (Å²) in [6, 6.07) is 0. The molecule has 348 valence electrons. The maximum Gasteiger partial charge on any atom is 0.306 e. The molecule has 0 saturated heterocycles. The number of carbonyl (C=O) groups excluding carboxylic acids is 2. The number of unbranched alkanes of at least 4 members (excludes halogenated alkanes) is 37. The van der Waals surface area contributed by atoms with Crippen LogP contribution in [0.2, 0.25) is 0 Å². The molecule has 0 rings (SSSR count). The molecular weight excluding hydrogens is 729 g/mol. The average Bonchev–Trinajstić information content (AvgIpc) is 3.24. The highest BCUT2D eigenvalue weighted by Gasteiger charge is 2.16. The van der Waals surface area contributed by atoms with Crippen LogP contribution in [0.1, 0.15) is 290 Å². The number of rotatable bonds is 49. The van der Waals surface area contributed by atoms with E-state index in [2.05, 4.69) is 38.2 Å². The maximum atomic E-state index is 12.2. The van der Waals surface area contributed by atoms with Gasteiger partial charge in [-0.1, -0.05) is 256 Å². The van der Waals surface area contributed by atoms with Crippen LogP contribution in [-0.4, -0.2) is 36.4 Å². The van der Waals surface area contributed by atoms with Crippen LogP contribution in [0.25, 0.3) is 0 Å². The maximum absolute atomic E-state index is 12.2. The number of ether oxygens (including phenoxy) is 2. The molecule has 0 aliphatic carbocycles. The summed E-state index contributed by atoms with van der Waals surface area (Å²) < 4.78 is 10.6. The number of hydrogen-bond acceptors (Lipinski definition) is 5. The van der Waals surface area contributed by atoms with Crippen LogP contribution in [-0.2, 0) is 19.1 Å². The van der Waals surface area contributed by atoms with E-state index in [9.17, 15) is 14.7 Å². The van der Waals surface area contributed by atoms with Crippen molar-refractivity contribution in [3.8, 4) is 0 Å². The van der Waals surface area contributed by atoms with E-state index >= 15 is 0 Å². The zero-order valence-corrected chi connectivity index (χ0v) is 39.8. The number of carbonyl (C=O) groups is 2. The van der Waals surface area contributed by atoms with Crippen LogP contribution in [0.15, 0.2) is 24.3 Å². The summed E-state index contributed by atoms with van der Waals surface area (Å²) in [5, 5.41) is 9.56. The van der Waals surface area contributed by atoms with Gasteiger partial charge in [-0.15, -0.1) is 0 Å². The SMILES string of the molecule is CCCCCCC/C=C\C/C=C\CCCCCCCCCCCCCCCCCCCCCCCCCCCC(=O)OC(CO)COC(=O)CCCCCCCCCC. The Kier molecular flexibility index (Phi) is 49.3. The molecule has 0 bridgehead atoms. The van der Waals surface area contributed by atoms with Crippen LogP contribution in [0.5, 0.6) is 0 Å². The summed E-state index contributed by atoms with van der Waals surface area (Å²) >= 11 is 0. The predicted octanol–water partition coefficient (Wildman–Crippen LogP) is 17.4. The van der Waals surface area contributed by atoms with Gasteiger partial charge < -0.3 is 14.6 Å². The van der Waals surface area contributed by atoms with Gasteiger partial charge in [0.15, 0.2) is 6.10 Å². The molecule has 0 aromatic rings. The third-order valence-electron chi connectivity index (χ3n) is 12.0. The van der Waals surface area contributed by atoms with Gasteiger partial charge in [-0.3, -0.25) is 9.59 Å². The van der Waals surface area contributed by atoms with Gasteiger partial charge in [-0.05, 0) is 44.9 Å². The molecule has 0 heterocycles. The average molecular weight is 831 g/mol. The molecule has 0 aromatic heterocycles. The molecule has 59 heavy (non-hydrogen) atoms. The van der Waals surface area contributed by atoms with Crippen LogP contribution < -0.4 is 0 Å². The van der Waals surface area contributed by atoms with Crippen molar-refractivity contribution in [3.63, 3.8) is 0 Å². The molecule has 1 unspecified atom stereocenters. The molecule has 0 radical (unpaired) electrons. The van der Waals surface area contributed by atoms with E-state index in [-0.39, 0.29) is 25.2 Å². The first-order chi connectivity index (χ1) is 29.1. The molecule has 0 aliphatic rings. The largest absolute Gasteiger partial charge is 0.462 e. The van der Waals surface area contributed by atoms with Crippen molar-refractivity contribution < 1.29 is 24.2 Å². The van der Waals surface area contributed by atoms with E-state index in [4.69, 9.17) is 9.47 Å². The quantitative estimate of drug-likeness (QED) is 0.0376. The predicted molar refractivity (Wildman–Crippen MR) is 256 cm³/mol. The zero-order chi connectivity index (χ0) is 42.8. The van der Waals surface area contributed by atoms with Crippen molar-refractivity contribution in [3.05, 3.63) is 24.3 Å². The Labute approximate surface area is 368 Å². The van der Waals surface area contributed by atoms with E-state index in [1.165, 1.54) is 218 Å². The van der Waals surface area contributed by atoms with Crippen molar-refractivity contribution >= 4 is 11.9 Å². The van der Waals surface area contributed by atoms with Gasteiger partial charge in [0.25, 0.3) is 0 Å². The first-order valence-electron chi connectivity index (χ1n) is 26.4. The lowest BCUT2D eigenvalue weighted by Crippen LogP contribution is -2.28. The van der Waals surface area contributed by atoms with Crippen LogP contribution >= 0.6 is 0 Å². The highest BCUT2D eigenvalue weighted by molar-refractivity contribution is 5.70. The summed E-state index contributed by atoms with van der Waals surface area (Å²) in [5.41, 5.74) is 0. The van der Waals surface area contributed by atoms with Gasteiger partial charge in [-0.25, -0.2) is 0 Å². The van der Waals surface area contributed by atoms with E-state index < -0.39 is 6.10 Å². The molecule has 1 atom stereocenters. The molecule has 0 aliphatic heterocycles. The lowest BCUT2D eigenvalue weighted by atomic mass is 10.0. The first kappa shape index (κ1) is 57.4. The standard InChI is InChI=1S/C54H102O5/c1-3-5-7-9-11-13-14-15-16-17-18-19-20-21-22-23-24-25-26-27-28-29-30-31-32-33-34-35-36-37-38-39-40-41-43-45-47-49-54(57)59-52(50-55)51-58-53(56)48-46-44-42-12-10-8-6-4-2/h14-15,17-18,52,55H,3-13,16,19-51H2,1-2H3/b15-14-,18-17-. The molecule has 5 heteroatoms. The van der Waals surface area contributed by atoms with Crippen molar-refractivity contribution in [1.82, 2.24) is 0 Å². The Morgan fingerprint density at radius 1 is 0.390 bits per heavy atom. The second-order valence-corrected chi connectivity index (χ2v) is 18.0. The van der Waals surface area contributed by atoms with Gasteiger partial charge in [0.1, 0.15) is 6.61 Å². The van der Waals surface area contributed by atoms with Gasteiger partial charge in [0, 0.05) is 12.8 Å². The Hall–Kier alpha value is -1.62. The van der Waals surface area contributed by atoms with Crippen molar-refractivity contribution in [1.29, 1.82) is 0 Å². The third-order valence-corrected chi connectivity index (χ3v) is 12.0. The fourth-order valence-electron chi connectivity index (χ4n) is 8.00. The lowest BCUT2D eigenvalue weighted by molar-refractivity contribution is -0.161. The van der Waals surface area contributed by atoms with Gasteiger partial charge in [0.2, 0.25) is 0 Å². The number of allylic oxidation sites excluding steroid dienone is 4. The van der Waals surface area contributed by atoms with Gasteiger partial charge >= 0.3 is 11.9 Å². The fraction of sp³-hybridized carbons (Fsp3) is 0.889. The zero-order valence-electron chi connectivity index (χ0n) is 39.8. The minimum absolute atomic E-state index is 0.0595. The summed E-state index contributed by atoms with van der Waals surface area (Å²) in [7, 11) is 0. The second kappa shape index (κ2) is 50.7.